The average molecular weight is 260 g/mol. The molecule has 19 heavy (non-hydrogen) atoms. The molecule has 2 rings (SSSR count). The first-order valence-electron chi connectivity index (χ1n) is 6.80. The van der Waals surface area contributed by atoms with Gasteiger partial charge in [0.25, 0.3) is 0 Å². The number of nitrogens with one attached hydrogen (secondary N) is 1. The van der Waals surface area contributed by atoms with E-state index in [2.05, 4.69) is 12.2 Å². The van der Waals surface area contributed by atoms with Crippen LogP contribution in [-0.2, 0) is 16.0 Å². The minimum Gasteiger partial charge on any atom is -0.354 e. The molecule has 0 bridgehead atoms. The fourth-order valence-corrected chi connectivity index (χ4v) is 2.49. The molecule has 0 spiro atoms. The maximum Gasteiger partial charge on any atom is 0.243 e. The standard InChI is InChI=1S/C15H20N2O2/c1-3-4-9-16-15(19)14-10-12-7-5-6-8-13(12)17(14)11(2)18/h5-8,14H,3-4,9-10H2,1-2H3,(H,16,19)/t14-/m1/s1. The third kappa shape index (κ3) is 2.78. The van der Waals surface area contributed by atoms with Gasteiger partial charge >= 0.3 is 0 Å². The zero-order valence-corrected chi connectivity index (χ0v) is 11.5. The average Bonchev–Trinajstić information content (AvgIpc) is 2.78. The Morgan fingerprint density at radius 1 is 1.37 bits per heavy atom. The highest BCUT2D eigenvalue weighted by molar-refractivity contribution is 6.02. The van der Waals surface area contributed by atoms with E-state index in [9.17, 15) is 9.59 Å². The molecule has 0 aromatic heterocycles. The molecular weight excluding hydrogens is 240 g/mol. The summed E-state index contributed by atoms with van der Waals surface area (Å²) in [6, 6.07) is 7.31. The van der Waals surface area contributed by atoms with Gasteiger partial charge in [0.2, 0.25) is 11.8 Å². The second-order valence-electron chi connectivity index (χ2n) is 4.88. The van der Waals surface area contributed by atoms with Crippen LogP contribution in [-0.4, -0.2) is 24.4 Å². The molecule has 1 atom stereocenters. The first-order chi connectivity index (χ1) is 9.15. The van der Waals surface area contributed by atoms with Crippen molar-refractivity contribution in [3.63, 3.8) is 0 Å². The number of fused-ring (bicyclic) bond motifs is 1. The summed E-state index contributed by atoms with van der Waals surface area (Å²) < 4.78 is 0. The van der Waals surface area contributed by atoms with Crippen LogP contribution in [0.3, 0.4) is 0 Å². The Morgan fingerprint density at radius 2 is 2.11 bits per heavy atom. The third-order valence-corrected chi connectivity index (χ3v) is 3.45. The smallest absolute Gasteiger partial charge is 0.243 e. The van der Waals surface area contributed by atoms with Crippen LogP contribution in [0.15, 0.2) is 24.3 Å². The van der Waals surface area contributed by atoms with E-state index in [1.54, 1.807) is 4.90 Å². The van der Waals surface area contributed by atoms with E-state index in [4.69, 9.17) is 0 Å². The number of hydrogen-bond donors (Lipinski definition) is 1. The zero-order chi connectivity index (χ0) is 13.8. The quantitative estimate of drug-likeness (QED) is 0.840. The van der Waals surface area contributed by atoms with Crippen LogP contribution in [0.5, 0.6) is 0 Å². The second kappa shape index (κ2) is 5.87. The summed E-state index contributed by atoms with van der Waals surface area (Å²) in [4.78, 5) is 25.6. The molecule has 2 amide bonds. The van der Waals surface area contributed by atoms with E-state index in [1.807, 2.05) is 24.3 Å². The monoisotopic (exact) mass is 260 g/mol. The molecule has 4 nitrogen and oxygen atoms in total. The van der Waals surface area contributed by atoms with Gasteiger partial charge in [0.15, 0.2) is 0 Å². The van der Waals surface area contributed by atoms with Gasteiger partial charge in [-0.05, 0) is 18.1 Å². The predicted molar refractivity (Wildman–Crippen MR) is 75.0 cm³/mol. The van der Waals surface area contributed by atoms with Gasteiger partial charge in [0.1, 0.15) is 6.04 Å². The zero-order valence-electron chi connectivity index (χ0n) is 11.5. The van der Waals surface area contributed by atoms with Gasteiger partial charge in [-0.1, -0.05) is 31.5 Å². The Balaban J connectivity index is 2.14. The first-order valence-corrected chi connectivity index (χ1v) is 6.80. The lowest BCUT2D eigenvalue weighted by Gasteiger charge is -2.23. The van der Waals surface area contributed by atoms with Gasteiger partial charge in [0.05, 0.1) is 0 Å². The van der Waals surface area contributed by atoms with Crippen molar-refractivity contribution in [1.82, 2.24) is 5.32 Å². The molecular formula is C15H20N2O2. The lowest BCUT2D eigenvalue weighted by Crippen LogP contribution is -2.47. The predicted octanol–water partition coefficient (Wildman–Crippen LogP) is 1.88. The van der Waals surface area contributed by atoms with Gasteiger partial charge in [-0.3, -0.25) is 14.5 Å². The van der Waals surface area contributed by atoms with E-state index in [0.717, 1.165) is 24.1 Å². The Labute approximate surface area is 113 Å². The van der Waals surface area contributed by atoms with Crippen LogP contribution < -0.4 is 10.2 Å². The van der Waals surface area contributed by atoms with E-state index in [1.165, 1.54) is 6.92 Å². The molecule has 4 heteroatoms. The number of hydrogen-bond acceptors (Lipinski definition) is 2. The molecule has 1 heterocycles. The fourth-order valence-electron chi connectivity index (χ4n) is 2.49. The molecule has 0 unspecified atom stereocenters. The minimum absolute atomic E-state index is 0.0557. The highest BCUT2D eigenvalue weighted by Gasteiger charge is 2.36. The number of nitrogens with zero attached hydrogens (tertiary/aromatic N) is 1. The van der Waals surface area contributed by atoms with Crippen LogP contribution >= 0.6 is 0 Å². The third-order valence-electron chi connectivity index (χ3n) is 3.45. The molecule has 0 fully saturated rings. The first kappa shape index (κ1) is 13.6. The molecule has 0 aliphatic carbocycles. The molecule has 102 valence electrons. The van der Waals surface area contributed by atoms with Crippen LogP contribution in [0, 0.1) is 0 Å². The summed E-state index contributed by atoms with van der Waals surface area (Å²) in [7, 11) is 0. The Hall–Kier alpha value is -1.84. The molecule has 1 aromatic rings. The summed E-state index contributed by atoms with van der Waals surface area (Å²) in [5, 5.41) is 2.91. The van der Waals surface area contributed by atoms with Crippen molar-refractivity contribution in [3.8, 4) is 0 Å². The number of unbranched alkanes of at least 4 members (excludes halogenated alkanes) is 1. The number of anilines is 1. The summed E-state index contributed by atoms with van der Waals surface area (Å²) >= 11 is 0. The van der Waals surface area contributed by atoms with Crippen LogP contribution in [0.25, 0.3) is 0 Å². The molecule has 0 saturated carbocycles. The van der Waals surface area contributed by atoms with E-state index < -0.39 is 6.04 Å². The number of carbonyl (C=O) groups excluding carboxylic acids is 2. The SMILES string of the molecule is CCCCNC(=O)[C@H]1Cc2ccccc2N1C(C)=O. The van der Waals surface area contributed by atoms with Crippen LogP contribution in [0.1, 0.15) is 32.3 Å². The fraction of sp³-hybridized carbons (Fsp3) is 0.467. The van der Waals surface area contributed by atoms with Gasteiger partial charge in [-0.2, -0.15) is 0 Å². The van der Waals surface area contributed by atoms with E-state index >= 15 is 0 Å². The highest BCUT2D eigenvalue weighted by atomic mass is 16.2. The van der Waals surface area contributed by atoms with Crippen molar-refractivity contribution in [2.45, 2.75) is 39.2 Å². The second-order valence-corrected chi connectivity index (χ2v) is 4.88. The number of amides is 2. The minimum atomic E-state index is -0.397. The van der Waals surface area contributed by atoms with Crippen LogP contribution in [0.2, 0.25) is 0 Å². The number of carbonyl (C=O) groups is 2. The van der Waals surface area contributed by atoms with Crippen molar-refractivity contribution in [3.05, 3.63) is 29.8 Å². The lowest BCUT2D eigenvalue weighted by molar-refractivity contribution is -0.125. The number of benzene rings is 1. The molecule has 1 N–H and O–H groups in total. The maximum absolute atomic E-state index is 12.2. The normalized spacial score (nSPS) is 17.2. The Kier molecular flexibility index (Phi) is 4.20. The number of rotatable bonds is 4. The van der Waals surface area contributed by atoms with Crippen molar-refractivity contribution >= 4 is 17.5 Å². The topological polar surface area (TPSA) is 49.4 Å². The summed E-state index contributed by atoms with van der Waals surface area (Å²) in [6.45, 7) is 4.27. The molecule has 0 saturated heterocycles. The van der Waals surface area contributed by atoms with Crippen molar-refractivity contribution in [2.24, 2.45) is 0 Å². The van der Waals surface area contributed by atoms with E-state index in [-0.39, 0.29) is 11.8 Å². The lowest BCUT2D eigenvalue weighted by atomic mass is 10.1. The highest BCUT2D eigenvalue weighted by Crippen LogP contribution is 2.32. The van der Waals surface area contributed by atoms with E-state index in [0.29, 0.717) is 13.0 Å². The Bertz CT molecular complexity index is 485. The molecule has 1 aliphatic rings. The van der Waals surface area contributed by atoms with Crippen molar-refractivity contribution < 1.29 is 9.59 Å². The summed E-state index contributed by atoms with van der Waals surface area (Å²) in [6.07, 6.45) is 2.61. The molecule has 1 aliphatic heterocycles. The van der Waals surface area contributed by atoms with Gasteiger partial charge in [-0.25, -0.2) is 0 Å². The molecule has 1 aromatic carbocycles. The van der Waals surface area contributed by atoms with Gasteiger partial charge < -0.3 is 5.32 Å². The summed E-state index contributed by atoms with van der Waals surface area (Å²) in [5.41, 5.74) is 1.93. The van der Waals surface area contributed by atoms with Gasteiger partial charge in [-0.15, -0.1) is 0 Å². The summed E-state index contributed by atoms with van der Waals surface area (Å²) in [5.74, 6) is -0.138. The van der Waals surface area contributed by atoms with Crippen LogP contribution in [0.4, 0.5) is 5.69 Å². The molecule has 0 radical (unpaired) electrons. The van der Waals surface area contributed by atoms with Crippen molar-refractivity contribution in [2.75, 3.05) is 11.4 Å². The maximum atomic E-state index is 12.2. The van der Waals surface area contributed by atoms with Gasteiger partial charge in [0, 0.05) is 25.6 Å². The number of para-hydroxylation sites is 1. The van der Waals surface area contributed by atoms with Crippen molar-refractivity contribution in [1.29, 1.82) is 0 Å². The largest absolute Gasteiger partial charge is 0.354 e. The Morgan fingerprint density at radius 3 is 2.79 bits per heavy atom.